The van der Waals surface area contributed by atoms with Gasteiger partial charge in [0, 0.05) is 25.7 Å². The number of hydrogen-bond donors (Lipinski definition) is 1. The van der Waals surface area contributed by atoms with Crippen LogP contribution < -0.4 is 5.73 Å². The largest absolute Gasteiger partial charge is 0.374 e. The van der Waals surface area contributed by atoms with E-state index in [1.807, 2.05) is 0 Å². The molecule has 1 aromatic carbocycles. The number of benzene rings is 1. The highest BCUT2D eigenvalue weighted by Crippen LogP contribution is 2.15. The van der Waals surface area contributed by atoms with Gasteiger partial charge in [-0.2, -0.15) is 0 Å². The lowest BCUT2D eigenvalue weighted by Gasteiger charge is -2.37. The average molecular weight is 248 g/mol. The summed E-state index contributed by atoms with van der Waals surface area (Å²) in [6.45, 7) is 7.73. The van der Waals surface area contributed by atoms with E-state index in [0.717, 1.165) is 26.1 Å². The Kier molecular flexibility index (Phi) is 4.75. The number of ether oxygens (including phenoxy) is 1. The number of nitrogens with two attached hydrogens (primary N) is 1. The van der Waals surface area contributed by atoms with E-state index in [-0.39, 0.29) is 6.10 Å². The van der Waals surface area contributed by atoms with Crippen LogP contribution in [0.5, 0.6) is 0 Å². The third kappa shape index (κ3) is 3.31. The summed E-state index contributed by atoms with van der Waals surface area (Å²) in [5.74, 6) is 0. The van der Waals surface area contributed by atoms with Crippen molar-refractivity contribution in [2.24, 2.45) is 5.73 Å². The van der Waals surface area contributed by atoms with E-state index < -0.39 is 0 Å². The number of nitrogens with zero attached hydrogens (tertiary/aromatic N) is 1. The first-order chi connectivity index (χ1) is 8.72. The SMILES string of the molecule is CCc1ccc(CN2CC(CN)OCC2C)cc1. The summed E-state index contributed by atoms with van der Waals surface area (Å²) >= 11 is 0. The molecule has 1 fully saturated rings. The predicted molar refractivity (Wildman–Crippen MR) is 74.5 cm³/mol. The van der Waals surface area contributed by atoms with Gasteiger partial charge >= 0.3 is 0 Å². The summed E-state index contributed by atoms with van der Waals surface area (Å²) in [6.07, 6.45) is 1.29. The third-order valence-corrected chi connectivity index (χ3v) is 3.71. The lowest BCUT2D eigenvalue weighted by molar-refractivity contribution is -0.0567. The minimum Gasteiger partial charge on any atom is -0.374 e. The van der Waals surface area contributed by atoms with Gasteiger partial charge in [-0.25, -0.2) is 0 Å². The molecule has 1 aliphatic rings. The number of hydrogen-bond acceptors (Lipinski definition) is 3. The third-order valence-electron chi connectivity index (χ3n) is 3.71. The first-order valence-corrected chi connectivity index (χ1v) is 6.86. The molecular formula is C15H24N2O. The molecule has 2 rings (SSSR count). The topological polar surface area (TPSA) is 38.5 Å². The van der Waals surface area contributed by atoms with E-state index >= 15 is 0 Å². The second-order valence-electron chi connectivity index (χ2n) is 5.14. The van der Waals surface area contributed by atoms with Crippen LogP contribution in [0.1, 0.15) is 25.0 Å². The van der Waals surface area contributed by atoms with Gasteiger partial charge in [0.15, 0.2) is 0 Å². The van der Waals surface area contributed by atoms with E-state index in [1.165, 1.54) is 11.1 Å². The minimum absolute atomic E-state index is 0.191. The Morgan fingerprint density at radius 1 is 1.28 bits per heavy atom. The monoisotopic (exact) mass is 248 g/mol. The van der Waals surface area contributed by atoms with E-state index in [4.69, 9.17) is 10.5 Å². The fraction of sp³-hybridized carbons (Fsp3) is 0.600. The quantitative estimate of drug-likeness (QED) is 0.883. The average Bonchev–Trinajstić information content (AvgIpc) is 2.42. The van der Waals surface area contributed by atoms with Crippen LogP contribution in [0.25, 0.3) is 0 Å². The highest BCUT2D eigenvalue weighted by molar-refractivity contribution is 5.22. The summed E-state index contributed by atoms with van der Waals surface area (Å²) in [7, 11) is 0. The molecule has 1 heterocycles. The van der Waals surface area contributed by atoms with Gasteiger partial charge in [-0.1, -0.05) is 31.2 Å². The van der Waals surface area contributed by atoms with Gasteiger partial charge in [0.05, 0.1) is 12.7 Å². The van der Waals surface area contributed by atoms with Gasteiger partial charge in [-0.15, -0.1) is 0 Å². The molecule has 3 nitrogen and oxygen atoms in total. The fourth-order valence-corrected chi connectivity index (χ4v) is 2.35. The maximum Gasteiger partial charge on any atom is 0.0824 e. The second-order valence-corrected chi connectivity index (χ2v) is 5.14. The van der Waals surface area contributed by atoms with Crippen molar-refractivity contribution in [2.45, 2.75) is 39.0 Å². The van der Waals surface area contributed by atoms with Gasteiger partial charge in [-0.3, -0.25) is 4.90 Å². The summed E-state index contributed by atoms with van der Waals surface area (Å²) < 4.78 is 5.68. The van der Waals surface area contributed by atoms with Crippen molar-refractivity contribution in [3.8, 4) is 0 Å². The molecule has 0 aliphatic carbocycles. The molecule has 0 saturated carbocycles. The molecule has 1 aliphatic heterocycles. The lowest BCUT2D eigenvalue weighted by atomic mass is 10.1. The molecule has 2 N–H and O–H groups in total. The summed E-state index contributed by atoms with van der Waals surface area (Å²) in [4.78, 5) is 2.46. The fourth-order valence-electron chi connectivity index (χ4n) is 2.35. The van der Waals surface area contributed by atoms with Crippen LogP contribution in [0.3, 0.4) is 0 Å². The summed E-state index contributed by atoms with van der Waals surface area (Å²) in [5.41, 5.74) is 8.46. The Hall–Kier alpha value is -0.900. The van der Waals surface area contributed by atoms with Crippen molar-refractivity contribution in [1.82, 2.24) is 4.90 Å². The van der Waals surface area contributed by atoms with E-state index in [9.17, 15) is 0 Å². The highest BCUT2D eigenvalue weighted by Gasteiger charge is 2.24. The molecule has 0 radical (unpaired) electrons. The first kappa shape index (κ1) is 13.5. The van der Waals surface area contributed by atoms with Crippen LogP contribution in [0, 0.1) is 0 Å². The van der Waals surface area contributed by atoms with Crippen molar-refractivity contribution in [3.05, 3.63) is 35.4 Å². The van der Waals surface area contributed by atoms with Gasteiger partial charge < -0.3 is 10.5 Å². The highest BCUT2D eigenvalue weighted by atomic mass is 16.5. The van der Waals surface area contributed by atoms with Gasteiger partial charge in [-0.05, 0) is 24.5 Å². The van der Waals surface area contributed by atoms with Crippen molar-refractivity contribution < 1.29 is 4.74 Å². The zero-order valence-electron chi connectivity index (χ0n) is 11.4. The molecule has 0 bridgehead atoms. The maximum absolute atomic E-state index is 5.69. The van der Waals surface area contributed by atoms with Crippen LogP contribution in [-0.4, -0.2) is 36.7 Å². The zero-order chi connectivity index (χ0) is 13.0. The predicted octanol–water partition coefficient (Wildman–Crippen LogP) is 1.80. The standard InChI is InChI=1S/C15H24N2O/c1-3-13-4-6-14(7-5-13)9-17-10-15(8-16)18-11-12(17)2/h4-7,12,15H,3,8-11,16H2,1-2H3. The van der Waals surface area contributed by atoms with Gasteiger partial charge in [0.1, 0.15) is 0 Å². The Morgan fingerprint density at radius 2 is 1.94 bits per heavy atom. The van der Waals surface area contributed by atoms with Crippen LogP contribution in [0.2, 0.25) is 0 Å². The lowest BCUT2D eigenvalue weighted by Crippen LogP contribution is -2.49. The zero-order valence-corrected chi connectivity index (χ0v) is 11.4. The van der Waals surface area contributed by atoms with Crippen molar-refractivity contribution in [2.75, 3.05) is 19.7 Å². The molecular weight excluding hydrogens is 224 g/mol. The summed E-state index contributed by atoms with van der Waals surface area (Å²) in [5, 5.41) is 0. The molecule has 1 aromatic rings. The van der Waals surface area contributed by atoms with Crippen molar-refractivity contribution in [3.63, 3.8) is 0 Å². The minimum atomic E-state index is 0.191. The number of rotatable bonds is 4. The van der Waals surface area contributed by atoms with Gasteiger partial charge in [0.2, 0.25) is 0 Å². The van der Waals surface area contributed by atoms with Crippen LogP contribution in [0.4, 0.5) is 0 Å². The molecule has 2 unspecified atom stereocenters. The molecule has 100 valence electrons. The van der Waals surface area contributed by atoms with E-state index in [1.54, 1.807) is 0 Å². The smallest absolute Gasteiger partial charge is 0.0824 e. The normalized spacial score (nSPS) is 25.3. The van der Waals surface area contributed by atoms with Crippen molar-refractivity contribution in [1.29, 1.82) is 0 Å². The molecule has 2 atom stereocenters. The number of aryl methyl sites for hydroxylation is 1. The Morgan fingerprint density at radius 3 is 2.56 bits per heavy atom. The van der Waals surface area contributed by atoms with Crippen LogP contribution in [0.15, 0.2) is 24.3 Å². The first-order valence-electron chi connectivity index (χ1n) is 6.86. The Bertz CT molecular complexity index is 363. The van der Waals surface area contributed by atoms with Crippen LogP contribution >= 0.6 is 0 Å². The molecule has 0 amide bonds. The number of morpholine rings is 1. The molecule has 1 saturated heterocycles. The molecule has 0 spiro atoms. The van der Waals surface area contributed by atoms with E-state index in [2.05, 4.69) is 43.0 Å². The summed E-state index contributed by atoms with van der Waals surface area (Å²) in [6, 6.07) is 9.39. The second kappa shape index (κ2) is 6.32. The Balaban J connectivity index is 1.97. The van der Waals surface area contributed by atoms with Crippen LogP contribution in [-0.2, 0) is 17.7 Å². The molecule has 18 heavy (non-hydrogen) atoms. The Labute approximate surface area is 110 Å². The molecule has 0 aromatic heterocycles. The van der Waals surface area contributed by atoms with Gasteiger partial charge in [0.25, 0.3) is 0 Å². The maximum atomic E-state index is 5.69. The van der Waals surface area contributed by atoms with E-state index in [0.29, 0.717) is 12.6 Å². The van der Waals surface area contributed by atoms with Crippen molar-refractivity contribution >= 4 is 0 Å². The molecule has 3 heteroatoms.